The number of thiocarbonyl (C=S) groups is 1. The van der Waals surface area contributed by atoms with E-state index in [4.69, 9.17) is 12.2 Å². The highest BCUT2D eigenvalue weighted by Gasteiger charge is 2.37. The quantitative estimate of drug-likeness (QED) is 0.187. The van der Waals surface area contributed by atoms with Gasteiger partial charge in [0.15, 0.2) is 5.11 Å². The summed E-state index contributed by atoms with van der Waals surface area (Å²) in [5, 5.41) is 8.45. The molecule has 0 saturated heterocycles. The molecule has 0 spiro atoms. The van der Waals surface area contributed by atoms with E-state index in [0.717, 1.165) is 28.1 Å². The zero-order valence-electron chi connectivity index (χ0n) is 17.8. The van der Waals surface area contributed by atoms with Crippen LogP contribution in [0.4, 0.5) is 0 Å². The number of aromatic nitrogens is 1. The van der Waals surface area contributed by atoms with Crippen molar-refractivity contribution in [3.8, 4) is 0 Å². The van der Waals surface area contributed by atoms with Gasteiger partial charge in [0.05, 0.1) is 11.4 Å². The Labute approximate surface area is 194 Å². The van der Waals surface area contributed by atoms with Crippen LogP contribution in [0.5, 0.6) is 0 Å². The van der Waals surface area contributed by atoms with Crippen LogP contribution >= 0.6 is 12.2 Å². The lowest BCUT2D eigenvalue weighted by Crippen LogP contribution is -2.50. The standard InChI is InChI=1S/C27H24N4S/c1-21(25-19-11-12-20-28-25)30-31-26(32)29-27(22-13-5-2-6-14-22,23-15-7-3-8-16-23)24-17-9-4-10-18-24/h2-20H,1H3,(H2,29,31,32)/b30-21+. The van der Waals surface area contributed by atoms with E-state index < -0.39 is 5.54 Å². The van der Waals surface area contributed by atoms with Crippen molar-refractivity contribution < 1.29 is 0 Å². The molecule has 1 heterocycles. The van der Waals surface area contributed by atoms with Crippen LogP contribution in [-0.2, 0) is 5.54 Å². The van der Waals surface area contributed by atoms with Crippen LogP contribution in [-0.4, -0.2) is 15.8 Å². The molecule has 0 radical (unpaired) electrons. The maximum absolute atomic E-state index is 5.72. The highest BCUT2D eigenvalue weighted by Crippen LogP contribution is 2.36. The molecule has 0 aliphatic carbocycles. The fourth-order valence-corrected chi connectivity index (χ4v) is 3.95. The van der Waals surface area contributed by atoms with Crippen molar-refractivity contribution in [2.45, 2.75) is 12.5 Å². The van der Waals surface area contributed by atoms with E-state index in [-0.39, 0.29) is 0 Å². The number of rotatable bonds is 6. The summed E-state index contributed by atoms with van der Waals surface area (Å²) in [6.07, 6.45) is 1.75. The van der Waals surface area contributed by atoms with Gasteiger partial charge >= 0.3 is 0 Å². The van der Waals surface area contributed by atoms with Gasteiger partial charge in [-0.1, -0.05) is 97.1 Å². The van der Waals surface area contributed by atoms with Gasteiger partial charge in [-0.25, -0.2) is 0 Å². The van der Waals surface area contributed by atoms with Crippen LogP contribution < -0.4 is 10.7 Å². The van der Waals surface area contributed by atoms with Gasteiger partial charge in [-0.05, 0) is 48.0 Å². The molecular formula is C27H24N4S. The smallest absolute Gasteiger partial charge is 0.188 e. The van der Waals surface area contributed by atoms with Gasteiger partial charge < -0.3 is 5.32 Å². The fourth-order valence-electron chi connectivity index (χ4n) is 3.75. The fraction of sp³-hybridized carbons (Fsp3) is 0.0741. The molecule has 1 aromatic heterocycles. The summed E-state index contributed by atoms with van der Waals surface area (Å²) in [7, 11) is 0. The van der Waals surface area contributed by atoms with Gasteiger partial charge in [-0.15, -0.1) is 0 Å². The normalized spacial score (nSPS) is 11.6. The van der Waals surface area contributed by atoms with Crippen LogP contribution in [0, 0.1) is 0 Å². The Kier molecular flexibility index (Phi) is 6.68. The Bertz CT molecular complexity index is 1080. The van der Waals surface area contributed by atoms with Crippen molar-refractivity contribution in [1.82, 2.24) is 15.7 Å². The molecule has 0 bridgehead atoms. The van der Waals surface area contributed by atoms with Gasteiger partial charge in [0.1, 0.15) is 5.54 Å². The summed E-state index contributed by atoms with van der Waals surface area (Å²) in [6, 6.07) is 36.7. The van der Waals surface area contributed by atoms with Crippen molar-refractivity contribution >= 4 is 23.0 Å². The summed E-state index contributed by atoms with van der Waals surface area (Å²) >= 11 is 5.72. The summed E-state index contributed by atoms with van der Waals surface area (Å²) < 4.78 is 0. The van der Waals surface area contributed by atoms with Crippen LogP contribution in [0.15, 0.2) is 120 Å². The predicted octanol–water partition coefficient (Wildman–Crippen LogP) is 5.26. The third-order valence-electron chi connectivity index (χ3n) is 5.28. The van der Waals surface area contributed by atoms with Crippen LogP contribution in [0.3, 0.4) is 0 Å². The van der Waals surface area contributed by atoms with Crippen molar-refractivity contribution in [3.05, 3.63) is 138 Å². The van der Waals surface area contributed by atoms with Crippen molar-refractivity contribution in [2.75, 3.05) is 0 Å². The number of benzene rings is 3. The van der Waals surface area contributed by atoms with Crippen LogP contribution in [0.1, 0.15) is 29.3 Å². The highest BCUT2D eigenvalue weighted by molar-refractivity contribution is 7.80. The van der Waals surface area contributed by atoms with Gasteiger partial charge in [0, 0.05) is 6.20 Å². The molecule has 4 aromatic rings. The van der Waals surface area contributed by atoms with Crippen molar-refractivity contribution in [3.63, 3.8) is 0 Å². The lowest BCUT2D eigenvalue weighted by Gasteiger charge is -2.37. The molecule has 4 rings (SSSR count). The molecule has 0 aliphatic heterocycles. The Balaban J connectivity index is 1.75. The average Bonchev–Trinajstić information content (AvgIpc) is 2.88. The van der Waals surface area contributed by atoms with E-state index >= 15 is 0 Å². The van der Waals surface area contributed by atoms with E-state index in [1.54, 1.807) is 6.20 Å². The average molecular weight is 437 g/mol. The van der Waals surface area contributed by atoms with Gasteiger partial charge in [-0.2, -0.15) is 5.10 Å². The summed E-state index contributed by atoms with van der Waals surface area (Å²) in [5.41, 5.74) is 7.09. The van der Waals surface area contributed by atoms with Crippen LogP contribution in [0.25, 0.3) is 0 Å². The molecular weight excluding hydrogens is 412 g/mol. The first kappa shape index (κ1) is 21.4. The van der Waals surface area contributed by atoms with Gasteiger partial charge in [-0.3, -0.25) is 10.4 Å². The van der Waals surface area contributed by atoms with E-state index in [0.29, 0.717) is 5.11 Å². The molecule has 5 heteroatoms. The van der Waals surface area contributed by atoms with E-state index in [1.165, 1.54) is 0 Å². The van der Waals surface area contributed by atoms with E-state index in [1.807, 2.05) is 79.7 Å². The number of hydrogen-bond acceptors (Lipinski definition) is 3. The third kappa shape index (κ3) is 4.58. The maximum Gasteiger partial charge on any atom is 0.188 e. The van der Waals surface area contributed by atoms with Gasteiger partial charge in [0.25, 0.3) is 0 Å². The number of nitrogens with one attached hydrogen (secondary N) is 2. The molecule has 4 nitrogen and oxygen atoms in total. The minimum absolute atomic E-state index is 0.414. The lowest BCUT2D eigenvalue weighted by atomic mass is 9.77. The molecule has 0 saturated carbocycles. The second-order valence-electron chi connectivity index (χ2n) is 7.33. The first-order chi connectivity index (χ1) is 15.7. The SMILES string of the molecule is C/C(=N\NC(=S)NC(c1ccccc1)(c1ccccc1)c1ccccc1)c1ccccn1. The van der Waals surface area contributed by atoms with Gasteiger partial charge in [0.2, 0.25) is 0 Å². The van der Waals surface area contributed by atoms with E-state index in [9.17, 15) is 0 Å². The Morgan fingerprint density at radius 2 is 1.19 bits per heavy atom. The molecule has 158 valence electrons. The molecule has 0 atom stereocenters. The topological polar surface area (TPSA) is 49.3 Å². The number of hydrogen-bond donors (Lipinski definition) is 2. The molecule has 0 unspecified atom stereocenters. The second kappa shape index (κ2) is 9.98. The Morgan fingerprint density at radius 1 is 0.719 bits per heavy atom. The van der Waals surface area contributed by atoms with Crippen LogP contribution in [0.2, 0.25) is 0 Å². The summed E-state index contributed by atoms with van der Waals surface area (Å²) in [5.74, 6) is 0. The van der Waals surface area contributed by atoms with E-state index in [2.05, 4.69) is 57.2 Å². The highest BCUT2D eigenvalue weighted by atomic mass is 32.1. The summed E-state index contributed by atoms with van der Waals surface area (Å²) in [4.78, 5) is 4.34. The number of hydrazone groups is 1. The predicted molar refractivity (Wildman–Crippen MR) is 135 cm³/mol. The first-order valence-corrected chi connectivity index (χ1v) is 10.8. The van der Waals surface area contributed by atoms with Crippen molar-refractivity contribution in [1.29, 1.82) is 0 Å². The molecule has 2 N–H and O–H groups in total. The minimum atomic E-state index is -0.692. The Morgan fingerprint density at radius 3 is 1.62 bits per heavy atom. The largest absolute Gasteiger partial charge is 0.344 e. The zero-order valence-corrected chi connectivity index (χ0v) is 18.6. The molecule has 3 aromatic carbocycles. The zero-order chi connectivity index (χ0) is 22.2. The second-order valence-corrected chi connectivity index (χ2v) is 7.73. The molecule has 32 heavy (non-hydrogen) atoms. The first-order valence-electron chi connectivity index (χ1n) is 10.4. The Hall–Kier alpha value is -3.83. The third-order valence-corrected chi connectivity index (χ3v) is 5.48. The summed E-state index contributed by atoms with van der Waals surface area (Å²) in [6.45, 7) is 1.90. The number of nitrogens with zero attached hydrogens (tertiary/aromatic N) is 2. The minimum Gasteiger partial charge on any atom is -0.344 e. The maximum atomic E-state index is 5.72. The molecule has 0 aliphatic rings. The van der Waals surface area contributed by atoms with Crippen molar-refractivity contribution in [2.24, 2.45) is 5.10 Å². The molecule has 0 fully saturated rings. The monoisotopic (exact) mass is 436 g/mol. The lowest BCUT2D eigenvalue weighted by molar-refractivity contribution is 0.568. The number of pyridine rings is 1. The molecule has 0 amide bonds.